The predicted octanol–water partition coefficient (Wildman–Crippen LogP) is 7.16. The van der Waals surface area contributed by atoms with E-state index in [0.29, 0.717) is 6.61 Å². The molecule has 0 saturated heterocycles. The Morgan fingerprint density at radius 3 is 2.24 bits per heavy atom. The molecule has 1 amide bonds. The second-order valence-electron chi connectivity index (χ2n) is 9.32. The molecule has 0 aromatic heterocycles. The van der Waals surface area contributed by atoms with Crippen molar-refractivity contribution in [3.63, 3.8) is 0 Å². The van der Waals surface area contributed by atoms with Crippen LogP contribution in [-0.2, 0) is 15.6 Å². The first-order chi connectivity index (χ1) is 13.6. The Hall–Kier alpha value is -2.55. The topological polar surface area (TPSA) is 38.3 Å². The van der Waals surface area contributed by atoms with E-state index in [9.17, 15) is 4.79 Å². The number of hydrogen-bond acceptors (Lipinski definition) is 2. The van der Waals surface area contributed by atoms with Crippen molar-refractivity contribution in [3.8, 4) is 0 Å². The number of benzene rings is 2. The van der Waals surface area contributed by atoms with Crippen LogP contribution in [0.3, 0.4) is 0 Å². The highest BCUT2D eigenvalue weighted by molar-refractivity contribution is 5.86. The van der Waals surface area contributed by atoms with E-state index in [-0.39, 0.29) is 10.8 Å². The predicted molar refractivity (Wildman–Crippen MR) is 122 cm³/mol. The van der Waals surface area contributed by atoms with Gasteiger partial charge in [-0.2, -0.15) is 0 Å². The number of amides is 1. The van der Waals surface area contributed by atoms with Crippen molar-refractivity contribution < 1.29 is 9.53 Å². The third-order valence-corrected chi connectivity index (χ3v) is 6.12. The number of anilines is 1. The summed E-state index contributed by atoms with van der Waals surface area (Å²) in [5.41, 5.74) is 7.71. The van der Waals surface area contributed by atoms with Crippen molar-refractivity contribution in [1.29, 1.82) is 0 Å². The average molecular weight is 392 g/mol. The van der Waals surface area contributed by atoms with Crippen LogP contribution in [0.15, 0.2) is 42.5 Å². The lowest BCUT2D eigenvalue weighted by molar-refractivity contribution is 0.168. The normalized spacial score (nSPS) is 17.4. The van der Waals surface area contributed by atoms with Gasteiger partial charge in [-0.15, -0.1) is 0 Å². The maximum absolute atomic E-state index is 11.5. The first kappa shape index (κ1) is 21.2. The molecule has 0 aliphatic heterocycles. The van der Waals surface area contributed by atoms with Gasteiger partial charge in [-0.25, -0.2) is 4.79 Å². The molecule has 0 fully saturated rings. The summed E-state index contributed by atoms with van der Waals surface area (Å²) in [6.07, 6.45) is 4.26. The molecule has 29 heavy (non-hydrogen) atoms. The summed E-state index contributed by atoms with van der Waals surface area (Å²) in [6.45, 7) is 13.7. The van der Waals surface area contributed by atoms with Crippen molar-refractivity contribution in [2.45, 2.75) is 65.2 Å². The molecule has 3 rings (SSSR count). The molecule has 0 saturated carbocycles. The summed E-state index contributed by atoms with van der Waals surface area (Å²) in [5.74, 6) is 0. The molecule has 0 unspecified atom stereocenters. The Kier molecular flexibility index (Phi) is 5.88. The molecule has 1 aliphatic rings. The van der Waals surface area contributed by atoms with Crippen LogP contribution in [0.5, 0.6) is 0 Å². The van der Waals surface area contributed by atoms with E-state index in [1.165, 1.54) is 35.1 Å². The van der Waals surface area contributed by atoms with Crippen molar-refractivity contribution in [2.75, 3.05) is 11.9 Å². The number of ether oxygens (including phenoxy) is 1. The van der Waals surface area contributed by atoms with Gasteiger partial charge < -0.3 is 4.74 Å². The van der Waals surface area contributed by atoms with Crippen LogP contribution in [0.25, 0.3) is 11.6 Å². The van der Waals surface area contributed by atoms with Gasteiger partial charge in [0.25, 0.3) is 0 Å². The molecule has 154 valence electrons. The molecule has 0 atom stereocenters. The summed E-state index contributed by atoms with van der Waals surface area (Å²) < 4.78 is 4.92. The van der Waals surface area contributed by atoms with E-state index in [1.54, 1.807) is 6.92 Å². The SMILES string of the molecule is CCOC(=O)Nc1ccc(/C(C)=C/c2ccc3c(c2)C(C)(C)CCC3(C)C)cc1. The van der Waals surface area contributed by atoms with Crippen LogP contribution >= 0.6 is 0 Å². The number of nitrogens with one attached hydrogen (secondary N) is 1. The number of allylic oxidation sites excluding steroid dienone is 1. The van der Waals surface area contributed by atoms with Crippen LogP contribution in [0.4, 0.5) is 10.5 Å². The third kappa shape index (κ3) is 4.72. The van der Waals surface area contributed by atoms with Gasteiger partial charge in [-0.1, -0.05) is 64.1 Å². The fourth-order valence-electron chi connectivity index (χ4n) is 4.13. The van der Waals surface area contributed by atoms with E-state index >= 15 is 0 Å². The Bertz CT molecular complexity index is 920. The minimum absolute atomic E-state index is 0.211. The second kappa shape index (κ2) is 8.06. The molecule has 0 bridgehead atoms. The zero-order chi connectivity index (χ0) is 21.2. The van der Waals surface area contributed by atoms with Gasteiger partial charge in [0.15, 0.2) is 0 Å². The molecule has 3 nitrogen and oxygen atoms in total. The Balaban J connectivity index is 1.84. The maximum atomic E-state index is 11.5. The lowest BCUT2D eigenvalue weighted by atomic mass is 9.63. The number of carbonyl (C=O) groups is 1. The van der Waals surface area contributed by atoms with Gasteiger partial charge in [0, 0.05) is 5.69 Å². The van der Waals surface area contributed by atoms with Gasteiger partial charge in [0.2, 0.25) is 0 Å². The molecule has 1 aliphatic carbocycles. The van der Waals surface area contributed by atoms with Crippen LogP contribution in [0.1, 0.15) is 76.6 Å². The van der Waals surface area contributed by atoms with Gasteiger partial charge in [-0.3, -0.25) is 5.32 Å². The smallest absolute Gasteiger partial charge is 0.411 e. The monoisotopic (exact) mass is 391 g/mol. The van der Waals surface area contributed by atoms with Gasteiger partial charge in [0.1, 0.15) is 0 Å². The number of fused-ring (bicyclic) bond motifs is 1. The van der Waals surface area contributed by atoms with Gasteiger partial charge in [0.05, 0.1) is 6.61 Å². The maximum Gasteiger partial charge on any atom is 0.411 e. The fourth-order valence-corrected chi connectivity index (χ4v) is 4.13. The van der Waals surface area contributed by atoms with E-state index in [1.807, 2.05) is 24.3 Å². The average Bonchev–Trinajstić information content (AvgIpc) is 2.66. The van der Waals surface area contributed by atoms with Crippen LogP contribution in [0, 0.1) is 0 Å². The van der Waals surface area contributed by atoms with Crippen LogP contribution in [0.2, 0.25) is 0 Å². The highest BCUT2D eigenvalue weighted by Crippen LogP contribution is 2.46. The second-order valence-corrected chi connectivity index (χ2v) is 9.32. The first-order valence-electron chi connectivity index (χ1n) is 10.5. The first-order valence-corrected chi connectivity index (χ1v) is 10.5. The largest absolute Gasteiger partial charge is 0.450 e. The van der Waals surface area contributed by atoms with Crippen LogP contribution < -0.4 is 5.32 Å². The van der Waals surface area contributed by atoms with Crippen molar-refractivity contribution in [2.24, 2.45) is 0 Å². The van der Waals surface area contributed by atoms with E-state index in [2.05, 4.69) is 64.2 Å². The zero-order valence-electron chi connectivity index (χ0n) is 18.6. The molecular weight excluding hydrogens is 358 g/mol. The molecule has 0 radical (unpaired) electrons. The molecule has 2 aromatic carbocycles. The molecule has 2 aromatic rings. The Morgan fingerprint density at radius 2 is 1.62 bits per heavy atom. The zero-order valence-corrected chi connectivity index (χ0v) is 18.6. The highest BCUT2D eigenvalue weighted by atomic mass is 16.5. The number of rotatable bonds is 4. The fraction of sp³-hybridized carbons (Fsp3) is 0.423. The van der Waals surface area contributed by atoms with E-state index in [4.69, 9.17) is 4.74 Å². The van der Waals surface area contributed by atoms with Crippen molar-refractivity contribution >= 4 is 23.4 Å². The van der Waals surface area contributed by atoms with Gasteiger partial charge >= 0.3 is 6.09 Å². The molecule has 1 N–H and O–H groups in total. The molecule has 0 heterocycles. The minimum atomic E-state index is -0.424. The van der Waals surface area contributed by atoms with E-state index in [0.717, 1.165) is 11.3 Å². The summed E-state index contributed by atoms with van der Waals surface area (Å²) in [6, 6.07) is 14.8. The lowest BCUT2D eigenvalue weighted by Crippen LogP contribution is -2.33. The van der Waals surface area contributed by atoms with E-state index < -0.39 is 6.09 Å². The standard InChI is InChI=1S/C26H33NO2/c1-7-29-24(28)27-21-11-9-20(10-12-21)18(2)16-19-8-13-22-23(17-19)26(5,6)15-14-25(22,3)4/h8-13,16-17H,7,14-15H2,1-6H3,(H,27,28)/b18-16+. The number of hydrogen-bond donors (Lipinski definition) is 1. The summed E-state index contributed by atoms with van der Waals surface area (Å²) in [7, 11) is 0. The highest BCUT2D eigenvalue weighted by Gasteiger charge is 2.36. The molecular formula is C26H33NO2. The summed E-state index contributed by atoms with van der Waals surface area (Å²) in [4.78, 5) is 11.5. The summed E-state index contributed by atoms with van der Waals surface area (Å²) >= 11 is 0. The molecule has 0 spiro atoms. The lowest BCUT2D eigenvalue weighted by Gasteiger charge is -2.42. The van der Waals surface area contributed by atoms with Crippen molar-refractivity contribution in [1.82, 2.24) is 0 Å². The van der Waals surface area contributed by atoms with Gasteiger partial charge in [-0.05, 0) is 77.5 Å². The van der Waals surface area contributed by atoms with Crippen LogP contribution in [-0.4, -0.2) is 12.7 Å². The summed E-state index contributed by atoms with van der Waals surface area (Å²) in [5, 5.41) is 2.73. The minimum Gasteiger partial charge on any atom is -0.450 e. The Labute approximate surface area is 175 Å². The molecule has 3 heteroatoms. The quantitative estimate of drug-likeness (QED) is 0.561. The number of carbonyl (C=O) groups excluding carboxylic acids is 1. The van der Waals surface area contributed by atoms with Crippen molar-refractivity contribution in [3.05, 3.63) is 64.7 Å². The third-order valence-electron chi connectivity index (χ3n) is 6.12. The Morgan fingerprint density at radius 1 is 1.00 bits per heavy atom.